The number of ether oxygens (including phenoxy) is 1. The molecule has 4 heteroatoms. The molecule has 0 aliphatic rings. The number of methoxy groups -OCH3 is 1. The summed E-state index contributed by atoms with van der Waals surface area (Å²) in [5.74, 6) is 0.700. The zero-order chi connectivity index (χ0) is 12.0. The second-order valence-corrected chi connectivity index (χ2v) is 3.99. The fraction of sp³-hybridized carbons (Fsp3) is 0.500. The fourth-order valence-electron chi connectivity index (χ4n) is 1.37. The third-order valence-electron chi connectivity index (χ3n) is 2.31. The van der Waals surface area contributed by atoms with Gasteiger partial charge in [-0.15, -0.1) is 0 Å². The molecule has 90 valence electrons. The van der Waals surface area contributed by atoms with Gasteiger partial charge in [0.25, 0.3) is 0 Å². The summed E-state index contributed by atoms with van der Waals surface area (Å²) >= 11 is 0. The smallest absolute Gasteiger partial charge is 0.160 e. The predicted octanol–water partition coefficient (Wildman–Crippen LogP) is 1.05. The number of aromatic hydroxyl groups is 1. The Morgan fingerprint density at radius 3 is 2.75 bits per heavy atom. The van der Waals surface area contributed by atoms with E-state index in [9.17, 15) is 5.11 Å². The molecule has 0 heterocycles. The molecular formula is C12H20N2O2. The summed E-state index contributed by atoms with van der Waals surface area (Å²) in [7, 11) is 5.65. The highest BCUT2D eigenvalue weighted by molar-refractivity contribution is 5.41. The van der Waals surface area contributed by atoms with Crippen molar-refractivity contribution in [3.05, 3.63) is 23.8 Å². The van der Waals surface area contributed by atoms with Crippen LogP contribution >= 0.6 is 0 Å². The van der Waals surface area contributed by atoms with Crippen molar-refractivity contribution in [3.8, 4) is 11.5 Å². The minimum absolute atomic E-state index is 0.180. The Labute approximate surface area is 96.8 Å². The first-order valence-corrected chi connectivity index (χ1v) is 5.35. The van der Waals surface area contributed by atoms with Crippen LogP contribution in [0.3, 0.4) is 0 Å². The highest BCUT2D eigenvalue weighted by Crippen LogP contribution is 2.25. The highest BCUT2D eigenvalue weighted by atomic mass is 16.5. The summed E-state index contributed by atoms with van der Waals surface area (Å²) in [6.07, 6.45) is 0. The number of hydrogen-bond donors (Lipinski definition) is 2. The van der Waals surface area contributed by atoms with Crippen LogP contribution in [0, 0.1) is 0 Å². The zero-order valence-corrected chi connectivity index (χ0v) is 10.2. The number of likely N-dealkylation sites (N-methyl/N-ethyl adjacent to an activating group) is 1. The molecule has 0 radical (unpaired) electrons. The Balaban J connectivity index is 2.42. The summed E-state index contributed by atoms with van der Waals surface area (Å²) in [6, 6.07) is 5.39. The average Bonchev–Trinajstić information content (AvgIpc) is 2.26. The van der Waals surface area contributed by atoms with E-state index in [4.69, 9.17) is 4.74 Å². The number of nitrogens with one attached hydrogen (secondary N) is 1. The second kappa shape index (κ2) is 6.35. The molecule has 1 aromatic carbocycles. The number of hydrogen-bond acceptors (Lipinski definition) is 4. The average molecular weight is 224 g/mol. The van der Waals surface area contributed by atoms with Gasteiger partial charge in [-0.05, 0) is 31.8 Å². The Morgan fingerprint density at radius 2 is 2.12 bits per heavy atom. The van der Waals surface area contributed by atoms with Crippen molar-refractivity contribution in [1.82, 2.24) is 10.2 Å². The first-order chi connectivity index (χ1) is 7.63. The van der Waals surface area contributed by atoms with E-state index in [2.05, 4.69) is 10.2 Å². The summed E-state index contributed by atoms with van der Waals surface area (Å²) in [6.45, 7) is 2.73. The molecular weight excluding hydrogens is 204 g/mol. The lowest BCUT2D eigenvalue weighted by atomic mass is 10.2. The highest BCUT2D eigenvalue weighted by Gasteiger charge is 2.02. The van der Waals surface area contributed by atoms with E-state index in [0.29, 0.717) is 5.75 Å². The Hall–Kier alpha value is -1.26. The number of rotatable bonds is 6. The van der Waals surface area contributed by atoms with Crippen LogP contribution in [0.1, 0.15) is 5.56 Å². The molecule has 0 saturated carbocycles. The van der Waals surface area contributed by atoms with Crippen LogP contribution in [-0.2, 0) is 6.54 Å². The minimum atomic E-state index is 0.180. The maximum atomic E-state index is 9.43. The number of phenols is 1. The van der Waals surface area contributed by atoms with E-state index >= 15 is 0 Å². The fourth-order valence-corrected chi connectivity index (χ4v) is 1.37. The Morgan fingerprint density at radius 1 is 1.38 bits per heavy atom. The molecule has 0 fully saturated rings. The molecule has 0 atom stereocenters. The van der Waals surface area contributed by atoms with Crippen molar-refractivity contribution in [2.24, 2.45) is 0 Å². The molecule has 1 aromatic rings. The van der Waals surface area contributed by atoms with E-state index in [1.165, 1.54) is 0 Å². The third-order valence-corrected chi connectivity index (χ3v) is 2.31. The largest absolute Gasteiger partial charge is 0.504 e. The maximum Gasteiger partial charge on any atom is 0.160 e. The molecule has 1 rings (SSSR count). The van der Waals surface area contributed by atoms with Gasteiger partial charge in [0.15, 0.2) is 11.5 Å². The van der Waals surface area contributed by atoms with Gasteiger partial charge >= 0.3 is 0 Å². The van der Waals surface area contributed by atoms with Crippen LogP contribution in [0.2, 0.25) is 0 Å². The molecule has 0 saturated heterocycles. The molecule has 0 aromatic heterocycles. The summed E-state index contributed by atoms with van der Waals surface area (Å²) < 4.78 is 5.04. The van der Waals surface area contributed by atoms with Crippen LogP contribution in [-0.4, -0.2) is 44.3 Å². The van der Waals surface area contributed by atoms with Crippen molar-refractivity contribution >= 4 is 0 Å². The lowest BCUT2D eigenvalue weighted by molar-refractivity contribution is 0.372. The molecule has 0 amide bonds. The zero-order valence-electron chi connectivity index (χ0n) is 10.2. The standard InChI is InChI=1S/C12H20N2O2/c1-14(2)7-6-13-9-10-4-5-11(15)12(8-10)16-3/h4-5,8,13,15H,6-7,9H2,1-3H3. The van der Waals surface area contributed by atoms with E-state index in [-0.39, 0.29) is 5.75 Å². The first-order valence-electron chi connectivity index (χ1n) is 5.35. The van der Waals surface area contributed by atoms with E-state index in [0.717, 1.165) is 25.2 Å². The number of benzene rings is 1. The molecule has 0 unspecified atom stereocenters. The van der Waals surface area contributed by atoms with Crippen LogP contribution in [0.15, 0.2) is 18.2 Å². The van der Waals surface area contributed by atoms with Gasteiger partial charge in [0.05, 0.1) is 7.11 Å². The molecule has 2 N–H and O–H groups in total. The van der Waals surface area contributed by atoms with Gasteiger partial charge in [0.1, 0.15) is 0 Å². The van der Waals surface area contributed by atoms with Crippen LogP contribution in [0.4, 0.5) is 0 Å². The molecule has 0 aliphatic heterocycles. The van der Waals surface area contributed by atoms with Gasteiger partial charge in [-0.1, -0.05) is 6.07 Å². The van der Waals surface area contributed by atoms with Crippen molar-refractivity contribution < 1.29 is 9.84 Å². The Bertz CT molecular complexity index is 327. The second-order valence-electron chi connectivity index (χ2n) is 3.99. The predicted molar refractivity (Wildman–Crippen MR) is 64.9 cm³/mol. The summed E-state index contributed by atoms with van der Waals surface area (Å²) in [4.78, 5) is 2.13. The number of phenolic OH excluding ortho intramolecular Hbond substituents is 1. The van der Waals surface area contributed by atoms with Crippen molar-refractivity contribution in [2.45, 2.75) is 6.54 Å². The quantitative estimate of drug-likeness (QED) is 0.709. The lowest BCUT2D eigenvalue weighted by Crippen LogP contribution is -2.26. The van der Waals surface area contributed by atoms with Gasteiger partial charge in [-0.3, -0.25) is 0 Å². The minimum Gasteiger partial charge on any atom is -0.504 e. The van der Waals surface area contributed by atoms with Crippen molar-refractivity contribution in [3.63, 3.8) is 0 Å². The van der Waals surface area contributed by atoms with Crippen LogP contribution < -0.4 is 10.1 Å². The topological polar surface area (TPSA) is 44.7 Å². The van der Waals surface area contributed by atoms with Gasteiger partial charge < -0.3 is 20.1 Å². The third kappa shape index (κ3) is 4.08. The molecule has 0 bridgehead atoms. The SMILES string of the molecule is COc1cc(CNCCN(C)C)ccc1O. The monoisotopic (exact) mass is 224 g/mol. The number of nitrogens with zero attached hydrogens (tertiary/aromatic N) is 1. The van der Waals surface area contributed by atoms with Crippen LogP contribution in [0.25, 0.3) is 0 Å². The van der Waals surface area contributed by atoms with Crippen LogP contribution in [0.5, 0.6) is 11.5 Å². The first kappa shape index (κ1) is 12.8. The van der Waals surface area contributed by atoms with E-state index in [1.807, 2.05) is 26.2 Å². The molecule has 4 nitrogen and oxygen atoms in total. The molecule has 0 spiro atoms. The maximum absolute atomic E-state index is 9.43. The summed E-state index contributed by atoms with van der Waals surface area (Å²) in [5.41, 5.74) is 1.11. The van der Waals surface area contributed by atoms with E-state index < -0.39 is 0 Å². The molecule has 16 heavy (non-hydrogen) atoms. The normalized spacial score (nSPS) is 10.8. The van der Waals surface area contributed by atoms with Crippen molar-refractivity contribution in [1.29, 1.82) is 0 Å². The molecule has 0 aliphatic carbocycles. The van der Waals surface area contributed by atoms with Gasteiger partial charge in [0, 0.05) is 19.6 Å². The van der Waals surface area contributed by atoms with Gasteiger partial charge in [0.2, 0.25) is 0 Å². The summed E-state index contributed by atoms with van der Waals surface area (Å²) in [5, 5.41) is 12.8. The Kier molecular flexibility index (Phi) is 5.08. The van der Waals surface area contributed by atoms with Crippen molar-refractivity contribution in [2.75, 3.05) is 34.3 Å². The van der Waals surface area contributed by atoms with Gasteiger partial charge in [-0.25, -0.2) is 0 Å². The van der Waals surface area contributed by atoms with E-state index in [1.54, 1.807) is 13.2 Å². The van der Waals surface area contributed by atoms with Gasteiger partial charge in [-0.2, -0.15) is 0 Å². The lowest BCUT2D eigenvalue weighted by Gasteiger charge is -2.11.